The molecule has 0 amide bonds. The summed E-state index contributed by atoms with van der Waals surface area (Å²) in [7, 11) is 0. The lowest BCUT2D eigenvalue weighted by molar-refractivity contribution is -0.391. The Hall–Kier alpha value is -2.04. The lowest BCUT2D eigenvalue weighted by atomic mass is 9.93. The SMILES string of the molecule is CCCOc1ccc(C2OC(C(O)CO)C3OC(c4ccc(CCO)cc4)OC(CCC)C3O2)cc1. The zero-order chi connectivity index (χ0) is 25.5. The van der Waals surface area contributed by atoms with Crippen LogP contribution in [-0.4, -0.2) is 65.7 Å². The summed E-state index contributed by atoms with van der Waals surface area (Å²) in [5.74, 6) is 0.766. The molecule has 198 valence electrons. The van der Waals surface area contributed by atoms with Gasteiger partial charge in [-0.3, -0.25) is 0 Å². The fourth-order valence-electron chi connectivity index (χ4n) is 4.68. The fraction of sp³-hybridized carbons (Fsp3) is 0.571. The Labute approximate surface area is 212 Å². The molecule has 7 atom stereocenters. The Morgan fingerprint density at radius 1 is 0.806 bits per heavy atom. The van der Waals surface area contributed by atoms with Crippen LogP contribution < -0.4 is 4.74 Å². The van der Waals surface area contributed by atoms with Gasteiger partial charge in [-0.05, 0) is 37.0 Å². The van der Waals surface area contributed by atoms with Crippen LogP contribution in [0.2, 0.25) is 0 Å². The molecule has 0 aromatic heterocycles. The minimum Gasteiger partial charge on any atom is -0.494 e. The summed E-state index contributed by atoms with van der Waals surface area (Å²) in [6.07, 6.45) is -1.68. The monoisotopic (exact) mass is 502 g/mol. The quantitative estimate of drug-likeness (QED) is 0.429. The van der Waals surface area contributed by atoms with Gasteiger partial charge in [0.05, 0.1) is 19.3 Å². The Morgan fingerprint density at radius 3 is 2.06 bits per heavy atom. The summed E-state index contributed by atoms with van der Waals surface area (Å²) in [4.78, 5) is 0. The Morgan fingerprint density at radius 2 is 1.44 bits per heavy atom. The molecule has 0 aliphatic carbocycles. The van der Waals surface area contributed by atoms with E-state index in [1.165, 1.54) is 0 Å². The van der Waals surface area contributed by atoms with Crippen LogP contribution in [0.15, 0.2) is 48.5 Å². The minimum atomic E-state index is -1.15. The van der Waals surface area contributed by atoms with Gasteiger partial charge in [-0.1, -0.05) is 56.7 Å². The molecule has 2 aromatic rings. The molecule has 0 bridgehead atoms. The summed E-state index contributed by atoms with van der Waals surface area (Å²) in [5.41, 5.74) is 2.63. The predicted octanol–water partition coefficient (Wildman–Crippen LogP) is 3.43. The summed E-state index contributed by atoms with van der Waals surface area (Å²) in [6, 6.07) is 15.2. The maximum absolute atomic E-state index is 10.7. The van der Waals surface area contributed by atoms with E-state index in [0.717, 1.165) is 41.7 Å². The largest absolute Gasteiger partial charge is 0.494 e. The first kappa shape index (κ1) is 27.0. The second-order valence-corrected chi connectivity index (χ2v) is 9.31. The highest BCUT2D eigenvalue weighted by atomic mass is 16.8. The van der Waals surface area contributed by atoms with Crippen LogP contribution in [0, 0.1) is 0 Å². The van der Waals surface area contributed by atoms with Crippen molar-refractivity contribution in [2.45, 2.75) is 82.6 Å². The second kappa shape index (κ2) is 13.0. The summed E-state index contributed by atoms with van der Waals surface area (Å²) < 4.78 is 31.0. The van der Waals surface area contributed by atoms with Crippen molar-refractivity contribution in [1.29, 1.82) is 0 Å². The highest BCUT2D eigenvalue weighted by Crippen LogP contribution is 2.42. The van der Waals surface area contributed by atoms with Crippen LogP contribution in [0.4, 0.5) is 0 Å². The molecule has 0 spiro atoms. The van der Waals surface area contributed by atoms with Crippen molar-refractivity contribution in [1.82, 2.24) is 0 Å². The number of hydrogen-bond acceptors (Lipinski definition) is 8. The first-order valence-electron chi connectivity index (χ1n) is 12.9. The van der Waals surface area contributed by atoms with E-state index >= 15 is 0 Å². The van der Waals surface area contributed by atoms with Crippen LogP contribution in [0.5, 0.6) is 5.75 Å². The van der Waals surface area contributed by atoms with Gasteiger partial charge in [-0.25, -0.2) is 0 Å². The average Bonchev–Trinajstić information content (AvgIpc) is 2.92. The summed E-state index contributed by atoms with van der Waals surface area (Å²) >= 11 is 0. The van der Waals surface area contributed by atoms with Crippen molar-refractivity contribution in [2.24, 2.45) is 0 Å². The highest BCUT2D eigenvalue weighted by Gasteiger charge is 2.51. The average molecular weight is 503 g/mol. The van der Waals surface area contributed by atoms with Gasteiger partial charge in [0.1, 0.15) is 30.2 Å². The zero-order valence-electron chi connectivity index (χ0n) is 21.0. The van der Waals surface area contributed by atoms with Crippen LogP contribution in [0.25, 0.3) is 0 Å². The maximum Gasteiger partial charge on any atom is 0.184 e. The van der Waals surface area contributed by atoms with Crippen LogP contribution in [0.1, 0.15) is 62.4 Å². The van der Waals surface area contributed by atoms with Gasteiger partial charge in [0.15, 0.2) is 12.6 Å². The summed E-state index contributed by atoms with van der Waals surface area (Å²) in [5, 5.41) is 29.7. The number of rotatable bonds is 11. The van der Waals surface area contributed by atoms with E-state index in [0.29, 0.717) is 13.0 Å². The predicted molar refractivity (Wildman–Crippen MR) is 132 cm³/mol. The van der Waals surface area contributed by atoms with Gasteiger partial charge in [-0.2, -0.15) is 0 Å². The molecule has 3 N–H and O–H groups in total. The van der Waals surface area contributed by atoms with Gasteiger partial charge in [0, 0.05) is 17.7 Å². The van der Waals surface area contributed by atoms with E-state index in [1.54, 1.807) is 0 Å². The fourth-order valence-corrected chi connectivity index (χ4v) is 4.68. The number of aliphatic hydroxyl groups is 3. The van der Waals surface area contributed by atoms with Gasteiger partial charge >= 0.3 is 0 Å². The highest BCUT2D eigenvalue weighted by molar-refractivity contribution is 5.28. The zero-order valence-corrected chi connectivity index (χ0v) is 21.0. The van der Waals surface area contributed by atoms with E-state index in [4.69, 9.17) is 23.7 Å². The van der Waals surface area contributed by atoms with Crippen molar-refractivity contribution in [3.05, 3.63) is 65.2 Å². The molecule has 0 saturated carbocycles. The Bertz CT molecular complexity index is 918. The van der Waals surface area contributed by atoms with Gasteiger partial charge in [-0.15, -0.1) is 0 Å². The van der Waals surface area contributed by atoms with E-state index in [9.17, 15) is 15.3 Å². The van der Waals surface area contributed by atoms with Gasteiger partial charge in [0.25, 0.3) is 0 Å². The van der Waals surface area contributed by atoms with Crippen LogP contribution in [0.3, 0.4) is 0 Å². The third-order valence-electron chi connectivity index (χ3n) is 6.57. The van der Waals surface area contributed by atoms with Crippen LogP contribution in [-0.2, 0) is 25.4 Å². The molecule has 8 heteroatoms. The van der Waals surface area contributed by atoms with Gasteiger partial charge < -0.3 is 39.0 Å². The number of ether oxygens (including phenoxy) is 5. The van der Waals surface area contributed by atoms with E-state index in [2.05, 4.69) is 13.8 Å². The first-order valence-corrected chi connectivity index (χ1v) is 12.9. The van der Waals surface area contributed by atoms with Crippen LogP contribution >= 0.6 is 0 Å². The molecule has 2 heterocycles. The van der Waals surface area contributed by atoms with Crippen molar-refractivity contribution >= 4 is 0 Å². The number of aliphatic hydroxyl groups excluding tert-OH is 3. The molecular formula is C28H38O8. The number of benzene rings is 2. The van der Waals surface area contributed by atoms with E-state index in [1.807, 2.05) is 48.5 Å². The molecule has 8 nitrogen and oxygen atoms in total. The first-order chi connectivity index (χ1) is 17.6. The smallest absolute Gasteiger partial charge is 0.184 e. The van der Waals surface area contributed by atoms with Crippen molar-refractivity contribution in [3.8, 4) is 5.75 Å². The molecule has 2 aliphatic rings. The molecular weight excluding hydrogens is 464 g/mol. The van der Waals surface area contributed by atoms with Gasteiger partial charge in [0.2, 0.25) is 0 Å². The second-order valence-electron chi connectivity index (χ2n) is 9.31. The lowest BCUT2D eigenvalue weighted by Gasteiger charge is -2.50. The number of hydrogen-bond donors (Lipinski definition) is 3. The summed E-state index contributed by atoms with van der Waals surface area (Å²) in [6.45, 7) is 4.40. The normalized spacial score (nSPS) is 28.9. The molecule has 2 saturated heterocycles. The molecule has 2 aliphatic heterocycles. The molecule has 2 aromatic carbocycles. The van der Waals surface area contributed by atoms with Crippen molar-refractivity contribution in [2.75, 3.05) is 19.8 Å². The molecule has 7 unspecified atom stereocenters. The molecule has 36 heavy (non-hydrogen) atoms. The lowest BCUT2D eigenvalue weighted by Crippen LogP contribution is -2.61. The third-order valence-corrected chi connectivity index (χ3v) is 6.57. The number of fused-ring (bicyclic) bond motifs is 1. The van der Waals surface area contributed by atoms with Crippen molar-refractivity contribution < 1.29 is 39.0 Å². The van der Waals surface area contributed by atoms with E-state index < -0.39 is 43.6 Å². The molecule has 2 fully saturated rings. The topological polar surface area (TPSA) is 107 Å². The standard InChI is InChI=1S/C28H38O8/c1-3-5-23-25-26(36-27(33-23)19-8-6-18(7-9-19)14-15-29)24(22(31)17-30)34-28(35-25)20-10-12-21(13-11-20)32-16-4-2/h6-13,22-31H,3-5,14-17H2,1-2H3. The van der Waals surface area contributed by atoms with Crippen molar-refractivity contribution in [3.63, 3.8) is 0 Å². The molecule has 0 radical (unpaired) electrons. The third kappa shape index (κ3) is 6.26. The Kier molecular flexibility index (Phi) is 9.73. The molecule has 4 rings (SSSR count). The Balaban J connectivity index is 1.57. The maximum atomic E-state index is 10.7. The van der Waals surface area contributed by atoms with E-state index in [-0.39, 0.29) is 12.7 Å². The minimum absolute atomic E-state index is 0.0865.